The van der Waals surface area contributed by atoms with Gasteiger partial charge in [-0.15, -0.1) is 0 Å². The molecule has 64 heavy (non-hydrogen) atoms. The van der Waals surface area contributed by atoms with Gasteiger partial charge in [0.25, 0.3) is 5.92 Å². The van der Waals surface area contributed by atoms with E-state index in [1.165, 1.54) is 75.5 Å². The summed E-state index contributed by atoms with van der Waals surface area (Å²) >= 11 is 0. The number of carbonyl (C=O) groups excluding carboxylic acids is 7. The lowest BCUT2D eigenvalue weighted by Gasteiger charge is -2.41. The van der Waals surface area contributed by atoms with Crippen LogP contribution in [0, 0.1) is 5.92 Å². The van der Waals surface area contributed by atoms with E-state index in [1.807, 2.05) is 24.5 Å². The molecule has 14 nitrogen and oxygen atoms in total. The molecule has 7 saturated heterocycles. The number of likely N-dealkylation sites (tertiary alicyclic amines) is 7. The molecule has 17 heteroatoms. The molecule has 0 bridgehead atoms. The lowest BCUT2D eigenvalue weighted by molar-refractivity contribution is -0.141. The van der Waals surface area contributed by atoms with Crippen molar-refractivity contribution in [2.75, 3.05) is 85.1 Å². The molecule has 7 aliphatic rings. The molecule has 7 amide bonds. The van der Waals surface area contributed by atoms with E-state index in [2.05, 4.69) is 13.8 Å². The second-order valence-corrected chi connectivity index (χ2v) is 17.2. The van der Waals surface area contributed by atoms with Gasteiger partial charge in [-0.1, -0.05) is 36.6 Å². The third-order valence-corrected chi connectivity index (χ3v) is 11.3. The summed E-state index contributed by atoms with van der Waals surface area (Å²) in [6.07, 6.45) is 8.07. The van der Waals surface area contributed by atoms with Gasteiger partial charge in [0.15, 0.2) is 0 Å². The van der Waals surface area contributed by atoms with Crippen molar-refractivity contribution in [1.82, 2.24) is 34.3 Å². The van der Waals surface area contributed by atoms with E-state index >= 15 is 0 Å². The van der Waals surface area contributed by atoms with E-state index in [-0.39, 0.29) is 110 Å². The highest BCUT2D eigenvalue weighted by atomic mass is 19.3. The lowest BCUT2D eigenvalue weighted by atomic mass is 9.99. The van der Waals surface area contributed by atoms with Crippen LogP contribution in [0.5, 0.6) is 0 Å². The number of halogens is 3. The Balaban J connectivity index is -0.000000326. The summed E-state index contributed by atoms with van der Waals surface area (Å²) in [5, 5.41) is 0. The first kappa shape index (κ1) is 66.7. The number of nitrogens with zero attached hydrogens (tertiary/aromatic N) is 7. The fraction of sp³-hybridized carbons (Fsp3) is 0.851. The number of amides is 7. The highest BCUT2D eigenvalue weighted by molar-refractivity contribution is 5.76. The van der Waals surface area contributed by atoms with E-state index < -0.39 is 11.6 Å². The highest BCUT2D eigenvalue weighted by Crippen LogP contribution is 2.27. The van der Waals surface area contributed by atoms with Gasteiger partial charge in [-0.3, -0.25) is 33.6 Å². The Kier molecular flexibility index (Phi) is 34.1. The number of rotatable bonds is 0. The van der Waals surface area contributed by atoms with Crippen LogP contribution in [0.3, 0.4) is 0 Å². The average Bonchev–Trinajstić information content (AvgIpc) is 3.65. The smallest absolute Gasteiger partial charge is 0.251 e. The predicted molar refractivity (Wildman–Crippen MR) is 252 cm³/mol. The molecule has 0 spiro atoms. The minimum Gasteiger partial charge on any atom is -0.343 e. The average molecular weight is 924 g/mol. The first-order valence-electron chi connectivity index (χ1n) is 21.7. The summed E-state index contributed by atoms with van der Waals surface area (Å²) in [5.41, 5.74) is -1.12. The quantitative estimate of drug-likeness (QED) is 0.247. The van der Waals surface area contributed by atoms with Crippen molar-refractivity contribution < 1.29 is 46.7 Å². The summed E-state index contributed by atoms with van der Waals surface area (Å²) in [4.78, 5) is 86.2. The van der Waals surface area contributed by atoms with Gasteiger partial charge in [-0.25, -0.2) is 13.2 Å². The third-order valence-electron chi connectivity index (χ3n) is 11.3. The molecular weight excluding hydrogens is 832 g/mol. The molecule has 378 valence electrons. The zero-order chi connectivity index (χ0) is 45.8. The first-order chi connectivity index (χ1) is 27.9. The number of hydrogen-bond donors (Lipinski definition) is 0. The first-order valence-corrected chi connectivity index (χ1v) is 21.7. The Morgan fingerprint density at radius 3 is 0.891 bits per heavy atom. The zero-order valence-corrected chi connectivity index (χ0v) is 38.3. The van der Waals surface area contributed by atoms with Gasteiger partial charge < -0.3 is 34.3 Å². The molecule has 7 heterocycles. The van der Waals surface area contributed by atoms with Crippen LogP contribution >= 0.6 is 0 Å². The van der Waals surface area contributed by atoms with E-state index in [0.717, 1.165) is 64.8 Å². The molecule has 0 radical (unpaired) electrons. The maximum absolute atomic E-state index is 12.6. The molecule has 0 aromatic rings. The van der Waals surface area contributed by atoms with Crippen LogP contribution < -0.4 is 0 Å². The van der Waals surface area contributed by atoms with Crippen LogP contribution in [0.25, 0.3) is 0 Å². The van der Waals surface area contributed by atoms with E-state index in [1.54, 1.807) is 34.6 Å². The minimum absolute atomic E-state index is 0. The molecule has 0 N–H and O–H groups in total. The largest absolute Gasteiger partial charge is 0.343 e. The van der Waals surface area contributed by atoms with Gasteiger partial charge >= 0.3 is 0 Å². The monoisotopic (exact) mass is 924 g/mol. The van der Waals surface area contributed by atoms with Gasteiger partial charge in [0.05, 0.1) is 13.1 Å². The Bertz CT molecular complexity index is 1370. The molecule has 1 unspecified atom stereocenters. The third kappa shape index (κ3) is 26.8. The van der Waals surface area contributed by atoms with Crippen LogP contribution in [0.4, 0.5) is 13.2 Å². The van der Waals surface area contributed by atoms with Crippen molar-refractivity contribution in [3.63, 3.8) is 0 Å². The van der Waals surface area contributed by atoms with Crippen LogP contribution in [-0.2, 0) is 33.6 Å². The maximum Gasteiger partial charge on any atom is 0.251 e. The standard InChI is InChI=1S/C7H11F2NO.C7H13NO.C6H10FNO.3C6H11NO.C5H9NO.4CH4/c1-6(11)10-4-2-7(8,9)3-5-10;1-7(9)8-5-3-2-4-6-8;1-5(9)8-3-6(2,7)4-8;1-5-3-7(4-5)6(2)8;1-5-3-4-7(5)6(2)8;1-6(8)7-4-2-3-5-7;1-5(7)6-3-2-4-6;;;;/h2-5H2,1H3;2-6H2,1H3;3-4H2,1-2H3;2*5H,3-4H2,1-2H3;2-5H2,1H3;2-4H2,1H3;4*1H4. The molecule has 7 fully saturated rings. The van der Waals surface area contributed by atoms with Crippen molar-refractivity contribution in [3.8, 4) is 0 Å². The highest BCUT2D eigenvalue weighted by Gasteiger charge is 2.40. The van der Waals surface area contributed by atoms with Crippen molar-refractivity contribution in [1.29, 1.82) is 0 Å². The Morgan fingerprint density at radius 1 is 0.422 bits per heavy atom. The molecule has 0 aliphatic carbocycles. The van der Waals surface area contributed by atoms with E-state index in [0.29, 0.717) is 6.04 Å². The molecule has 1 atom stereocenters. The van der Waals surface area contributed by atoms with Gasteiger partial charge in [-0.2, -0.15) is 0 Å². The van der Waals surface area contributed by atoms with Gasteiger partial charge in [-0.05, 0) is 64.7 Å². The van der Waals surface area contributed by atoms with Crippen LogP contribution in [0.2, 0.25) is 0 Å². The molecule has 0 saturated carbocycles. The SMILES string of the molecule is C.C.C.C.CC(=O)N1CC(C)(F)C1.CC(=O)N1CC(C)C1.CC(=O)N1CCC(F)(F)CC1.CC(=O)N1CCC1.CC(=O)N1CCC1C.CC(=O)N1CCCC1.CC(=O)N1CCCCC1. The second-order valence-electron chi connectivity index (χ2n) is 17.2. The maximum atomic E-state index is 12.6. The van der Waals surface area contributed by atoms with Crippen molar-refractivity contribution >= 4 is 41.4 Å². The number of carbonyl (C=O) groups is 7. The zero-order valence-electron chi connectivity index (χ0n) is 38.3. The van der Waals surface area contributed by atoms with Crippen LogP contribution in [0.15, 0.2) is 0 Å². The fourth-order valence-corrected chi connectivity index (χ4v) is 6.93. The van der Waals surface area contributed by atoms with Gasteiger partial charge in [0, 0.05) is 139 Å². The second kappa shape index (κ2) is 32.7. The number of alkyl halides is 3. The number of hydrogen-bond acceptors (Lipinski definition) is 7. The molecular formula is C47H92F3N7O7. The summed E-state index contributed by atoms with van der Waals surface area (Å²) < 4.78 is 37.6. The Morgan fingerprint density at radius 2 is 0.734 bits per heavy atom. The van der Waals surface area contributed by atoms with Crippen molar-refractivity contribution in [2.45, 2.75) is 174 Å². The van der Waals surface area contributed by atoms with Crippen LogP contribution in [0.1, 0.15) is 157 Å². The van der Waals surface area contributed by atoms with Crippen LogP contribution in [-0.4, -0.2) is 178 Å². The van der Waals surface area contributed by atoms with Crippen molar-refractivity contribution in [2.24, 2.45) is 5.92 Å². The molecule has 0 aromatic carbocycles. The van der Waals surface area contributed by atoms with Gasteiger partial charge in [0.1, 0.15) is 5.67 Å². The summed E-state index contributed by atoms with van der Waals surface area (Å²) in [6.45, 7) is 26.4. The van der Waals surface area contributed by atoms with Crippen molar-refractivity contribution in [3.05, 3.63) is 0 Å². The Labute approximate surface area is 386 Å². The topological polar surface area (TPSA) is 142 Å². The Hall–Kier alpha value is -3.92. The summed E-state index contributed by atoms with van der Waals surface area (Å²) in [5.74, 6) is -0.869. The summed E-state index contributed by atoms with van der Waals surface area (Å²) in [6, 6.07) is 0.507. The lowest BCUT2D eigenvalue weighted by Crippen LogP contribution is -2.58. The fourth-order valence-electron chi connectivity index (χ4n) is 6.93. The number of piperidine rings is 2. The minimum atomic E-state index is -2.55. The predicted octanol–water partition coefficient (Wildman–Crippen LogP) is 7.38. The van der Waals surface area contributed by atoms with Gasteiger partial charge in [0.2, 0.25) is 41.4 Å². The molecule has 7 aliphatic heterocycles. The molecule has 7 rings (SSSR count). The van der Waals surface area contributed by atoms with E-state index in [4.69, 9.17) is 0 Å². The normalized spacial score (nSPS) is 20.5. The molecule has 0 aromatic heterocycles. The summed E-state index contributed by atoms with van der Waals surface area (Å²) in [7, 11) is 0. The van der Waals surface area contributed by atoms with E-state index in [9.17, 15) is 46.7 Å².